The number of aryl methyl sites for hydroxylation is 1. The Morgan fingerprint density at radius 1 is 1.29 bits per heavy atom. The van der Waals surface area contributed by atoms with Crippen LogP contribution < -0.4 is 5.32 Å². The lowest BCUT2D eigenvalue weighted by Gasteiger charge is -2.05. The van der Waals surface area contributed by atoms with E-state index >= 15 is 0 Å². The molecule has 2 N–H and O–H groups in total. The van der Waals surface area contributed by atoms with Gasteiger partial charge in [0.05, 0.1) is 12.2 Å². The third-order valence-electron chi connectivity index (χ3n) is 2.65. The molecule has 1 rings (SSSR count). The van der Waals surface area contributed by atoms with Crippen LogP contribution in [0.25, 0.3) is 0 Å². The number of carbonyl (C=O) groups is 3. The van der Waals surface area contributed by atoms with Gasteiger partial charge < -0.3 is 15.2 Å². The molecule has 0 aliphatic rings. The number of hydrogen-bond acceptors (Lipinski definition) is 5. The Balaban J connectivity index is 2.55. The number of nitrogens with one attached hydrogen (secondary N) is 1. The number of rotatable bonds is 8. The number of thiophene rings is 1. The quantitative estimate of drug-likeness (QED) is 0.568. The molecule has 1 aromatic rings. The van der Waals surface area contributed by atoms with Crippen molar-refractivity contribution in [2.75, 3.05) is 11.9 Å². The molecule has 1 aromatic heterocycles. The summed E-state index contributed by atoms with van der Waals surface area (Å²) in [6.45, 7) is 3.84. The van der Waals surface area contributed by atoms with Crippen molar-refractivity contribution in [2.45, 2.75) is 39.5 Å². The zero-order valence-corrected chi connectivity index (χ0v) is 12.9. The first-order chi connectivity index (χ1) is 9.93. The molecule has 7 heteroatoms. The van der Waals surface area contributed by atoms with Gasteiger partial charge in [0.25, 0.3) is 0 Å². The number of hydrogen-bond donors (Lipinski definition) is 2. The van der Waals surface area contributed by atoms with Crippen LogP contribution in [0.4, 0.5) is 5.00 Å². The zero-order valence-electron chi connectivity index (χ0n) is 12.1. The van der Waals surface area contributed by atoms with Gasteiger partial charge in [-0.15, -0.1) is 11.3 Å². The van der Waals surface area contributed by atoms with Crippen molar-refractivity contribution in [1.29, 1.82) is 0 Å². The van der Waals surface area contributed by atoms with Crippen molar-refractivity contribution >= 4 is 34.2 Å². The molecule has 116 valence electrons. The number of amides is 1. The molecular weight excluding hydrogens is 294 g/mol. The summed E-state index contributed by atoms with van der Waals surface area (Å²) in [7, 11) is 0. The van der Waals surface area contributed by atoms with Crippen LogP contribution in [-0.4, -0.2) is 29.6 Å². The first-order valence-electron chi connectivity index (χ1n) is 6.73. The molecule has 0 aromatic carbocycles. The number of carboxylic acids is 1. The Bertz CT molecular complexity index is 523. The number of carboxylic acid groups (broad SMARTS) is 1. The summed E-state index contributed by atoms with van der Waals surface area (Å²) in [5.74, 6) is -1.55. The van der Waals surface area contributed by atoms with E-state index in [2.05, 4.69) is 5.32 Å². The van der Waals surface area contributed by atoms with Gasteiger partial charge in [-0.05, 0) is 32.8 Å². The van der Waals surface area contributed by atoms with Crippen LogP contribution >= 0.6 is 11.3 Å². The second kappa shape index (κ2) is 8.41. The van der Waals surface area contributed by atoms with E-state index < -0.39 is 11.9 Å². The van der Waals surface area contributed by atoms with Gasteiger partial charge >= 0.3 is 11.9 Å². The highest BCUT2D eigenvalue weighted by Gasteiger charge is 2.17. The van der Waals surface area contributed by atoms with Gasteiger partial charge in [0.2, 0.25) is 5.91 Å². The SMILES string of the molecule is CCOC(=O)c1cc(C)sc1NC(=O)CCCCC(=O)O. The fourth-order valence-electron chi connectivity index (χ4n) is 1.72. The molecule has 0 saturated carbocycles. The van der Waals surface area contributed by atoms with Crippen LogP contribution in [0, 0.1) is 6.92 Å². The number of anilines is 1. The Morgan fingerprint density at radius 2 is 1.95 bits per heavy atom. The van der Waals surface area contributed by atoms with Crippen molar-refractivity contribution in [3.63, 3.8) is 0 Å². The molecule has 0 unspecified atom stereocenters. The molecule has 0 atom stereocenters. The smallest absolute Gasteiger partial charge is 0.341 e. The molecule has 0 bridgehead atoms. The number of esters is 1. The van der Waals surface area contributed by atoms with E-state index in [4.69, 9.17) is 9.84 Å². The molecule has 0 spiro atoms. The van der Waals surface area contributed by atoms with Crippen molar-refractivity contribution in [1.82, 2.24) is 0 Å². The van der Waals surface area contributed by atoms with E-state index in [-0.39, 0.29) is 25.4 Å². The van der Waals surface area contributed by atoms with Crippen LogP contribution in [0.1, 0.15) is 47.8 Å². The van der Waals surface area contributed by atoms with Crippen LogP contribution in [0.2, 0.25) is 0 Å². The predicted molar refractivity (Wildman–Crippen MR) is 79.7 cm³/mol. The van der Waals surface area contributed by atoms with Gasteiger partial charge in [-0.2, -0.15) is 0 Å². The lowest BCUT2D eigenvalue weighted by molar-refractivity contribution is -0.137. The number of aliphatic carboxylic acids is 1. The van der Waals surface area contributed by atoms with Gasteiger partial charge in [0.15, 0.2) is 0 Å². The molecule has 0 radical (unpaired) electrons. The monoisotopic (exact) mass is 313 g/mol. The molecule has 6 nitrogen and oxygen atoms in total. The topological polar surface area (TPSA) is 92.7 Å². The van der Waals surface area contributed by atoms with Crippen LogP contribution in [0.15, 0.2) is 6.07 Å². The maximum atomic E-state index is 11.8. The second-order valence-electron chi connectivity index (χ2n) is 4.47. The lowest BCUT2D eigenvalue weighted by Crippen LogP contribution is -2.13. The summed E-state index contributed by atoms with van der Waals surface area (Å²) >= 11 is 1.31. The van der Waals surface area contributed by atoms with Crippen LogP contribution in [-0.2, 0) is 14.3 Å². The summed E-state index contributed by atoms with van der Waals surface area (Å²) in [4.78, 5) is 34.8. The number of carbonyl (C=O) groups excluding carboxylic acids is 2. The first-order valence-corrected chi connectivity index (χ1v) is 7.55. The van der Waals surface area contributed by atoms with E-state index in [0.29, 0.717) is 23.4 Å². The van der Waals surface area contributed by atoms with E-state index in [0.717, 1.165) is 4.88 Å². The van der Waals surface area contributed by atoms with Crippen molar-refractivity contribution in [3.05, 3.63) is 16.5 Å². The molecule has 0 aliphatic heterocycles. The van der Waals surface area contributed by atoms with E-state index in [1.807, 2.05) is 6.92 Å². The molecule has 0 saturated heterocycles. The highest BCUT2D eigenvalue weighted by Crippen LogP contribution is 2.28. The van der Waals surface area contributed by atoms with Gasteiger partial charge in [-0.25, -0.2) is 4.79 Å². The summed E-state index contributed by atoms with van der Waals surface area (Å²) in [5, 5.41) is 11.7. The van der Waals surface area contributed by atoms with Crippen LogP contribution in [0.5, 0.6) is 0 Å². The fraction of sp³-hybridized carbons (Fsp3) is 0.500. The third-order valence-corrected chi connectivity index (χ3v) is 3.61. The minimum absolute atomic E-state index is 0.0550. The Labute approximate surface area is 127 Å². The Hall–Kier alpha value is -1.89. The average Bonchev–Trinajstić information content (AvgIpc) is 2.75. The summed E-state index contributed by atoms with van der Waals surface area (Å²) in [6, 6.07) is 1.68. The standard InChI is InChI=1S/C14H19NO5S/c1-3-20-14(19)10-8-9(2)21-13(10)15-11(16)6-4-5-7-12(17)18/h8H,3-7H2,1-2H3,(H,15,16)(H,17,18). The van der Waals surface area contributed by atoms with Crippen molar-refractivity contribution in [2.24, 2.45) is 0 Å². The molecule has 1 heterocycles. The minimum atomic E-state index is -0.867. The van der Waals surface area contributed by atoms with Gasteiger partial charge in [0, 0.05) is 17.7 Å². The molecule has 1 amide bonds. The van der Waals surface area contributed by atoms with Crippen molar-refractivity contribution < 1.29 is 24.2 Å². The van der Waals surface area contributed by atoms with Crippen molar-refractivity contribution in [3.8, 4) is 0 Å². The van der Waals surface area contributed by atoms with E-state index in [1.165, 1.54) is 11.3 Å². The maximum Gasteiger partial charge on any atom is 0.341 e. The third kappa shape index (κ3) is 5.95. The molecular formula is C14H19NO5S. The average molecular weight is 313 g/mol. The highest BCUT2D eigenvalue weighted by molar-refractivity contribution is 7.16. The zero-order chi connectivity index (χ0) is 15.8. The Kier molecular flexibility index (Phi) is 6.87. The second-order valence-corrected chi connectivity index (χ2v) is 5.73. The van der Waals surface area contributed by atoms with Gasteiger partial charge in [0.1, 0.15) is 5.00 Å². The summed E-state index contributed by atoms with van der Waals surface area (Å²) in [6.07, 6.45) is 1.24. The largest absolute Gasteiger partial charge is 0.481 e. The maximum absolute atomic E-state index is 11.8. The van der Waals surface area contributed by atoms with Gasteiger partial charge in [-0.3, -0.25) is 9.59 Å². The van der Waals surface area contributed by atoms with E-state index in [9.17, 15) is 14.4 Å². The van der Waals surface area contributed by atoms with E-state index in [1.54, 1.807) is 13.0 Å². The first kappa shape index (κ1) is 17.2. The summed E-state index contributed by atoms with van der Waals surface area (Å²) in [5.41, 5.74) is 0.359. The number of ether oxygens (including phenoxy) is 1. The Morgan fingerprint density at radius 3 is 2.57 bits per heavy atom. The van der Waals surface area contributed by atoms with Gasteiger partial charge in [-0.1, -0.05) is 0 Å². The molecule has 0 aliphatic carbocycles. The lowest BCUT2D eigenvalue weighted by atomic mass is 10.2. The molecule has 0 fully saturated rings. The normalized spacial score (nSPS) is 10.2. The fourth-order valence-corrected chi connectivity index (χ4v) is 2.63. The molecule has 21 heavy (non-hydrogen) atoms. The highest BCUT2D eigenvalue weighted by atomic mass is 32.1. The predicted octanol–water partition coefficient (Wildman–Crippen LogP) is 2.82. The number of unbranched alkanes of at least 4 members (excludes halogenated alkanes) is 1. The van der Waals surface area contributed by atoms with Crippen LogP contribution in [0.3, 0.4) is 0 Å². The minimum Gasteiger partial charge on any atom is -0.481 e. The summed E-state index contributed by atoms with van der Waals surface area (Å²) < 4.78 is 4.94.